The molecule has 0 bridgehead atoms. The van der Waals surface area contributed by atoms with Crippen LogP contribution in [0.15, 0.2) is 29.4 Å². The van der Waals surface area contributed by atoms with E-state index in [-0.39, 0.29) is 5.95 Å². The van der Waals surface area contributed by atoms with Crippen LogP contribution < -0.4 is 5.43 Å². The predicted octanol–water partition coefficient (Wildman–Crippen LogP) is 1.27. The molecule has 1 N–H and O–H groups in total. The number of ether oxygens (including phenoxy) is 4. The molecule has 1 aromatic carbocycles. The van der Waals surface area contributed by atoms with Crippen molar-refractivity contribution >= 4 is 58.1 Å². The van der Waals surface area contributed by atoms with Crippen LogP contribution >= 0.6 is 0 Å². The monoisotopic (exact) mass is 514 g/mol. The largest absolute Gasteiger partial charge is 0.462 e. The van der Waals surface area contributed by atoms with Gasteiger partial charge in [0.05, 0.1) is 11.7 Å². The van der Waals surface area contributed by atoms with Crippen molar-refractivity contribution in [1.82, 2.24) is 19.7 Å². The van der Waals surface area contributed by atoms with Gasteiger partial charge >= 0.3 is 23.9 Å². The second-order valence-electron chi connectivity index (χ2n) is 7.87. The van der Waals surface area contributed by atoms with Crippen LogP contribution in [0.5, 0.6) is 0 Å². The molecular formula is C23H26N6O8. The van der Waals surface area contributed by atoms with E-state index in [0.29, 0.717) is 11.2 Å². The summed E-state index contributed by atoms with van der Waals surface area (Å²) in [6.07, 6.45) is -2.93. The van der Waals surface area contributed by atoms with Crippen LogP contribution in [-0.2, 0) is 45.2 Å². The fourth-order valence-corrected chi connectivity index (χ4v) is 3.55. The van der Waals surface area contributed by atoms with E-state index in [4.69, 9.17) is 18.9 Å². The summed E-state index contributed by atoms with van der Waals surface area (Å²) < 4.78 is 22.5. The van der Waals surface area contributed by atoms with Gasteiger partial charge in [-0.3, -0.25) is 19.2 Å². The van der Waals surface area contributed by atoms with E-state index < -0.39 is 48.8 Å². The van der Waals surface area contributed by atoms with E-state index in [1.54, 1.807) is 0 Å². The van der Waals surface area contributed by atoms with Crippen LogP contribution in [0.3, 0.4) is 0 Å². The Bertz CT molecular complexity index is 1350. The molecule has 0 spiro atoms. The number of aromatic nitrogens is 4. The number of nitrogens with zero attached hydrogens (tertiary/aromatic N) is 5. The number of rotatable bonds is 10. The summed E-state index contributed by atoms with van der Waals surface area (Å²) in [6.45, 7) is 4.06. The Morgan fingerprint density at radius 1 is 0.973 bits per heavy atom. The highest BCUT2D eigenvalue weighted by molar-refractivity contribution is 6.04. The van der Waals surface area contributed by atoms with Gasteiger partial charge in [-0.1, -0.05) is 18.2 Å². The summed E-state index contributed by atoms with van der Waals surface area (Å²) >= 11 is 0. The van der Waals surface area contributed by atoms with E-state index in [9.17, 15) is 19.2 Å². The summed E-state index contributed by atoms with van der Waals surface area (Å²) in [5.41, 5.74) is 4.68. The normalized spacial score (nSPS) is 13.6. The molecule has 0 unspecified atom stereocenters. The molecule has 0 saturated heterocycles. The van der Waals surface area contributed by atoms with Crippen LogP contribution in [0.2, 0.25) is 0 Å². The van der Waals surface area contributed by atoms with Crippen LogP contribution in [0.25, 0.3) is 22.1 Å². The number of para-hydroxylation sites is 1. The van der Waals surface area contributed by atoms with Crippen molar-refractivity contribution in [2.75, 3.05) is 12.0 Å². The minimum atomic E-state index is -1.39. The Morgan fingerprint density at radius 2 is 1.65 bits per heavy atom. The smallest absolute Gasteiger partial charge is 0.303 e. The number of carbonyl (C=O) groups excluding carboxylic acids is 4. The third-order valence-corrected chi connectivity index (χ3v) is 4.96. The van der Waals surface area contributed by atoms with Crippen molar-refractivity contribution in [1.29, 1.82) is 0 Å². The number of hydrogen-bond acceptors (Lipinski definition) is 13. The molecule has 0 aliphatic carbocycles. The zero-order valence-electron chi connectivity index (χ0n) is 20.8. The van der Waals surface area contributed by atoms with Gasteiger partial charge in [0, 0.05) is 40.1 Å². The minimum Gasteiger partial charge on any atom is -0.462 e. The quantitative estimate of drug-likeness (QED) is 0.178. The second-order valence-corrected chi connectivity index (χ2v) is 7.87. The number of anilines is 1. The zero-order chi connectivity index (χ0) is 27.1. The van der Waals surface area contributed by atoms with Gasteiger partial charge in [-0.2, -0.15) is 10.1 Å². The van der Waals surface area contributed by atoms with Gasteiger partial charge in [0.2, 0.25) is 0 Å². The third-order valence-electron chi connectivity index (χ3n) is 4.96. The summed E-state index contributed by atoms with van der Waals surface area (Å²) in [4.78, 5) is 51.0. The SMILES string of the molecule is CC(=O)OC[C@H](OC(C)=O)[C@H](OC(C)=O)[C@H](/C=N/Nc1nnc2c3ccccc3n(C)c2n1)OC(C)=O. The second kappa shape index (κ2) is 11.9. The van der Waals surface area contributed by atoms with Crippen LogP contribution in [0.4, 0.5) is 5.95 Å². The Balaban J connectivity index is 1.89. The zero-order valence-corrected chi connectivity index (χ0v) is 20.8. The van der Waals surface area contributed by atoms with Crippen molar-refractivity contribution in [3.8, 4) is 0 Å². The van der Waals surface area contributed by atoms with Crippen molar-refractivity contribution in [2.24, 2.45) is 12.1 Å². The van der Waals surface area contributed by atoms with Crippen molar-refractivity contribution in [3.63, 3.8) is 0 Å². The molecule has 0 fully saturated rings. The van der Waals surface area contributed by atoms with Gasteiger partial charge in [-0.05, 0) is 6.07 Å². The molecule has 3 rings (SSSR count). The first-order valence-electron chi connectivity index (χ1n) is 11.1. The lowest BCUT2D eigenvalue weighted by atomic mass is 10.1. The first-order valence-corrected chi connectivity index (χ1v) is 11.1. The summed E-state index contributed by atoms with van der Waals surface area (Å²) in [7, 11) is 1.84. The highest BCUT2D eigenvalue weighted by atomic mass is 16.6. The molecule has 196 valence electrons. The molecule has 14 heteroatoms. The lowest BCUT2D eigenvalue weighted by Gasteiger charge is -2.29. The fourth-order valence-electron chi connectivity index (χ4n) is 3.55. The average Bonchev–Trinajstić information content (AvgIpc) is 3.11. The molecule has 0 saturated carbocycles. The molecule has 3 atom stereocenters. The number of aryl methyl sites for hydroxylation is 1. The lowest BCUT2D eigenvalue weighted by molar-refractivity contribution is -0.183. The number of esters is 4. The molecular weight excluding hydrogens is 488 g/mol. The maximum Gasteiger partial charge on any atom is 0.303 e. The predicted molar refractivity (Wildman–Crippen MR) is 129 cm³/mol. The number of benzene rings is 1. The van der Waals surface area contributed by atoms with Crippen LogP contribution in [0.1, 0.15) is 27.7 Å². The minimum absolute atomic E-state index is 0.0386. The number of nitrogens with one attached hydrogen (secondary N) is 1. The fraction of sp³-hybridized carbons (Fsp3) is 0.391. The van der Waals surface area contributed by atoms with E-state index in [1.165, 1.54) is 0 Å². The van der Waals surface area contributed by atoms with Gasteiger partial charge in [-0.15, -0.1) is 10.2 Å². The van der Waals surface area contributed by atoms with Gasteiger partial charge in [-0.25, -0.2) is 5.43 Å². The van der Waals surface area contributed by atoms with E-state index >= 15 is 0 Å². The van der Waals surface area contributed by atoms with Gasteiger partial charge in [0.25, 0.3) is 5.95 Å². The Labute approximate surface area is 210 Å². The number of hydrazone groups is 1. The van der Waals surface area contributed by atoms with Crippen LogP contribution in [-0.4, -0.2) is 74.8 Å². The molecule has 0 aliphatic heterocycles. The van der Waals surface area contributed by atoms with Gasteiger partial charge < -0.3 is 23.5 Å². The highest BCUT2D eigenvalue weighted by Crippen LogP contribution is 2.24. The molecule has 0 radical (unpaired) electrons. The molecule has 0 amide bonds. The van der Waals surface area contributed by atoms with Crippen molar-refractivity contribution < 1.29 is 38.1 Å². The van der Waals surface area contributed by atoms with Gasteiger partial charge in [0.15, 0.2) is 24.0 Å². The topological polar surface area (TPSA) is 173 Å². The molecule has 37 heavy (non-hydrogen) atoms. The number of fused-ring (bicyclic) bond motifs is 3. The maximum absolute atomic E-state index is 11.8. The third kappa shape index (κ3) is 6.96. The van der Waals surface area contributed by atoms with E-state index in [0.717, 1.165) is 44.8 Å². The number of hydrogen-bond donors (Lipinski definition) is 1. The Kier molecular flexibility index (Phi) is 8.66. The van der Waals surface area contributed by atoms with Gasteiger partial charge in [0.1, 0.15) is 12.1 Å². The first-order chi connectivity index (χ1) is 17.6. The molecule has 2 heterocycles. The average molecular weight is 514 g/mol. The summed E-state index contributed by atoms with van der Waals surface area (Å²) in [5, 5.41) is 13.1. The number of carbonyl (C=O) groups is 4. The summed E-state index contributed by atoms with van der Waals surface area (Å²) in [5.74, 6) is -2.87. The van der Waals surface area contributed by atoms with E-state index in [2.05, 4.69) is 25.7 Å². The highest BCUT2D eigenvalue weighted by Gasteiger charge is 2.37. The first kappa shape index (κ1) is 27.0. The Hall–Kier alpha value is -4.62. The summed E-state index contributed by atoms with van der Waals surface area (Å²) in [6, 6.07) is 7.63. The van der Waals surface area contributed by atoms with Crippen molar-refractivity contribution in [2.45, 2.75) is 46.0 Å². The Morgan fingerprint density at radius 3 is 2.30 bits per heavy atom. The lowest BCUT2D eigenvalue weighted by Crippen LogP contribution is -2.48. The molecule has 14 nitrogen and oxygen atoms in total. The molecule has 3 aromatic rings. The van der Waals surface area contributed by atoms with Crippen LogP contribution in [0, 0.1) is 0 Å². The van der Waals surface area contributed by atoms with Crippen molar-refractivity contribution in [3.05, 3.63) is 24.3 Å². The molecule has 2 aromatic heterocycles. The standard InChI is InChI=1S/C23H26N6O8/c1-12(30)34-11-19(36-14(3)32)21(37-15(4)33)18(35-13(2)31)10-24-27-23-25-22-20(26-28-23)16-8-6-7-9-17(16)29(22)5/h6-10,18-19,21H,11H2,1-5H3,(H,25,27,28)/b24-10+/t18-,19-,21+/m0/s1. The molecule has 0 aliphatic rings. The maximum atomic E-state index is 11.8. The van der Waals surface area contributed by atoms with E-state index in [1.807, 2.05) is 35.9 Å².